The minimum Gasteiger partial charge on any atom is -0.481 e. The molecule has 3 N–H and O–H groups in total. The summed E-state index contributed by atoms with van der Waals surface area (Å²) in [6, 6.07) is -0.534. The van der Waals surface area contributed by atoms with Gasteiger partial charge in [-0.25, -0.2) is 0 Å². The predicted molar refractivity (Wildman–Crippen MR) is 117 cm³/mol. The predicted octanol–water partition coefficient (Wildman–Crippen LogP) is 3.99. The zero-order valence-corrected chi connectivity index (χ0v) is 19.1. The van der Waals surface area contributed by atoms with Gasteiger partial charge in [0, 0.05) is 29.4 Å². The van der Waals surface area contributed by atoms with E-state index in [9.17, 15) is 14.4 Å². The van der Waals surface area contributed by atoms with Gasteiger partial charge in [0.15, 0.2) is 0 Å². The molecule has 0 spiro atoms. The summed E-state index contributed by atoms with van der Waals surface area (Å²) < 4.78 is 0.0865. The van der Waals surface area contributed by atoms with Crippen molar-refractivity contribution >= 4 is 39.4 Å². The lowest BCUT2D eigenvalue weighted by molar-refractivity contribution is -0.137. The molecular weight excluding hydrogens is 396 g/mol. The molecule has 0 aromatic rings. The van der Waals surface area contributed by atoms with E-state index in [0.29, 0.717) is 18.7 Å². The van der Waals surface area contributed by atoms with Crippen molar-refractivity contribution in [2.45, 2.75) is 89.3 Å². The zero-order valence-electron chi connectivity index (χ0n) is 17.4. The van der Waals surface area contributed by atoms with Crippen molar-refractivity contribution < 1.29 is 19.5 Å². The average molecular weight is 433 g/mol. The summed E-state index contributed by atoms with van der Waals surface area (Å²) in [5.74, 6) is -0.374. The highest BCUT2D eigenvalue weighted by Gasteiger charge is 2.27. The smallest absolute Gasteiger partial charge is 0.303 e. The first kappa shape index (κ1) is 25.1. The number of carbonyl (C=O) groups excluding carboxylic acids is 2. The quantitative estimate of drug-likeness (QED) is 0.319. The molecule has 1 aliphatic carbocycles. The molecule has 0 radical (unpaired) electrons. The molecule has 1 aliphatic rings. The molecule has 0 bridgehead atoms. The number of amides is 2. The molecule has 0 aromatic heterocycles. The Hall–Kier alpha value is -0.890. The van der Waals surface area contributed by atoms with Crippen LogP contribution in [0.3, 0.4) is 0 Å². The van der Waals surface area contributed by atoms with Crippen molar-refractivity contribution in [1.82, 2.24) is 10.6 Å². The van der Waals surface area contributed by atoms with E-state index in [2.05, 4.69) is 31.4 Å². The van der Waals surface area contributed by atoms with Crippen molar-refractivity contribution in [2.75, 3.05) is 12.3 Å². The van der Waals surface area contributed by atoms with Crippen LogP contribution >= 0.6 is 21.6 Å². The lowest BCUT2D eigenvalue weighted by atomic mass is 9.88. The molecule has 162 valence electrons. The van der Waals surface area contributed by atoms with E-state index < -0.39 is 12.0 Å². The number of rotatable bonds is 12. The molecule has 0 aliphatic heterocycles. The highest BCUT2D eigenvalue weighted by atomic mass is 33.1. The summed E-state index contributed by atoms with van der Waals surface area (Å²) in [4.78, 5) is 35.7. The number of hydrogen-bond acceptors (Lipinski definition) is 5. The molecule has 8 heteroatoms. The third-order valence-corrected chi connectivity index (χ3v) is 7.87. The molecule has 28 heavy (non-hydrogen) atoms. The molecule has 0 heterocycles. The van der Waals surface area contributed by atoms with E-state index in [1.165, 1.54) is 6.42 Å². The van der Waals surface area contributed by atoms with Gasteiger partial charge in [0.25, 0.3) is 0 Å². The van der Waals surface area contributed by atoms with Gasteiger partial charge in [0.2, 0.25) is 11.8 Å². The summed E-state index contributed by atoms with van der Waals surface area (Å²) >= 11 is 0. The largest absolute Gasteiger partial charge is 0.481 e. The third kappa shape index (κ3) is 11.8. The van der Waals surface area contributed by atoms with Crippen molar-refractivity contribution in [1.29, 1.82) is 0 Å². The summed E-state index contributed by atoms with van der Waals surface area (Å²) in [5.41, 5.74) is 0. The van der Waals surface area contributed by atoms with Crippen LogP contribution in [0, 0.1) is 5.92 Å². The molecule has 1 unspecified atom stereocenters. The number of hydrogen-bond donors (Lipinski definition) is 3. The van der Waals surface area contributed by atoms with Crippen LogP contribution in [0.25, 0.3) is 0 Å². The number of carboxylic acid groups (broad SMARTS) is 1. The van der Waals surface area contributed by atoms with Crippen molar-refractivity contribution in [3.63, 3.8) is 0 Å². The fourth-order valence-electron chi connectivity index (χ4n) is 3.03. The number of carboxylic acids is 1. The highest BCUT2D eigenvalue weighted by molar-refractivity contribution is 8.77. The minimum absolute atomic E-state index is 0.00247. The van der Waals surface area contributed by atoms with Crippen molar-refractivity contribution in [3.8, 4) is 0 Å². The fourth-order valence-corrected chi connectivity index (χ4v) is 5.49. The van der Waals surface area contributed by atoms with Crippen LogP contribution in [0.4, 0.5) is 0 Å². The summed E-state index contributed by atoms with van der Waals surface area (Å²) in [7, 11) is 3.32. The Morgan fingerprint density at radius 3 is 2.36 bits per heavy atom. The Kier molecular flexibility index (Phi) is 12.0. The maximum absolute atomic E-state index is 12.6. The van der Waals surface area contributed by atoms with Crippen molar-refractivity contribution in [3.05, 3.63) is 0 Å². The summed E-state index contributed by atoms with van der Waals surface area (Å²) in [6.45, 7) is 6.87. The molecule has 1 atom stereocenters. The monoisotopic (exact) mass is 432 g/mol. The van der Waals surface area contributed by atoms with E-state index in [4.69, 9.17) is 5.11 Å². The number of nitrogens with one attached hydrogen (secondary N) is 2. The van der Waals surface area contributed by atoms with Crippen LogP contribution in [0.15, 0.2) is 0 Å². The van der Waals surface area contributed by atoms with E-state index in [0.717, 1.165) is 38.5 Å². The molecule has 0 saturated heterocycles. The van der Waals surface area contributed by atoms with Crippen molar-refractivity contribution in [2.24, 2.45) is 5.92 Å². The summed E-state index contributed by atoms with van der Waals surface area (Å²) in [6.07, 6.45) is 7.46. The van der Waals surface area contributed by atoms with Gasteiger partial charge in [-0.1, -0.05) is 68.0 Å². The second-order valence-electron chi connectivity index (χ2n) is 8.37. The van der Waals surface area contributed by atoms with Gasteiger partial charge in [-0.2, -0.15) is 0 Å². The van der Waals surface area contributed by atoms with Crippen LogP contribution in [0.2, 0.25) is 0 Å². The highest BCUT2D eigenvalue weighted by Crippen LogP contribution is 2.35. The molecule has 1 fully saturated rings. The molecule has 6 nitrogen and oxygen atoms in total. The Bertz CT molecular complexity index is 503. The molecule has 1 rings (SSSR count). The van der Waals surface area contributed by atoms with Crippen LogP contribution in [0.5, 0.6) is 0 Å². The van der Waals surface area contributed by atoms with Gasteiger partial charge in [0.1, 0.15) is 6.04 Å². The van der Waals surface area contributed by atoms with Crippen LogP contribution in [-0.4, -0.2) is 46.0 Å². The molecular formula is C20H36N2O4S2. The first-order valence-electron chi connectivity index (χ1n) is 10.3. The molecule has 0 aromatic carbocycles. The first-order chi connectivity index (χ1) is 13.2. The average Bonchev–Trinajstić information content (AvgIpc) is 2.63. The summed E-state index contributed by atoms with van der Waals surface area (Å²) in [5, 5.41) is 14.5. The maximum Gasteiger partial charge on any atom is 0.303 e. The Labute approximate surface area is 177 Å². The lowest BCUT2D eigenvalue weighted by Gasteiger charge is -2.25. The van der Waals surface area contributed by atoms with Gasteiger partial charge < -0.3 is 15.7 Å². The number of aliphatic carboxylic acids is 1. The standard InChI is InChI=1S/C20H36N2O4S2/c1-20(2,3)28-27-14-16(22-18(25)15-10-6-4-7-11-15)19(26)21-13-9-5-8-12-17(23)24/h15-16H,4-14H2,1-3H3,(H,21,26)(H,22,25)(H,23,24). The number of carbonyl (C=O) groups is 3. The second kappa shape index (κ2) is 13.4. The van der Waals surface area contributed by atoms with Gasteiger partial charge in [0.05, 0.1) is 0 Å². The molecule has 1 saturated carbocycles. The van der Waals surface area contributed by atoms with Crippen LogP contribution in [-0.2, 0) is 14.4 Å². The lowest BCUT2D eigenvalue weighted by Crippen LogP contribution is -2.50. The molecule has 2 amide bonds. The van der Waals surface area contributed by atoms with Crippen LogP contribution in [0.1, 0.15) is 78.6 Å². The topological polar surface area (TPSA) is 95.5 Å². The zero-order chi connectivity index (χ0) is 21.0. The second-order valence-corrected chi connectivity index (χ2v) is 11.5. The normalized spacial score (nSPS) is 16.4. The van der Waals surface area contributed by atoms with E-state index >= 15 is 0 Å². The Morgan fingerprint density at radius 2 is 1.75 bits per heavy atom. The van der Waals surface area contributed by atoms with E-state index in [1.54, 1.807) is 21.6 Å². The fraction of sp³-hybridized carbons (Fsp3) is 0.850. The Morgan fingerprint density at radius 1 is 1.07 bits per heavy atom. The van der Waals surface area contributed by atoms with E-state index in [1.807, 2.05) is 0 Å². The Balaban J connectivity index is 2.46. The van der Waals surface area contributed by atoms with Gasteiger partial charge in [-0.05, 0) is 25.7 Å². The number of unbranched alkanes of at least 4 members (excludes halogenated alkanes) is 2. The SMILES string of the molecule is CC(C)(C)SSCC(NC(=O)C1CCCCC1)C(=O)NCCCCCC(=O)O. The maximum atomic E-state index is 12.6. The van der Waals surface area contributed by atoms with E-state index in [-0.39, 0.29) is 28.9 Å². The van der Waals surface area contributed by atoms with Crippen LogP contribution < -0.4 is 10.6 Å². The third-order valence-electron chi connectivity index (χ3n) is 4.52. The first-order valence-corrected chi connectivity index (χ1v) is 12.6. The van der Waals surface area contributed by atoms with Gasteiger partial charge in [-0.15, -0.1) is 0 Å². The van der Waals surface area contributed by atoms with Gasteiger partial charge in [-0.3, -0.25) is 14.4 Å². The van der Waals surface area contributed by atoms with Gasteiger partial charge >= 0.3 is 5.97 Å². The minimum atomic E-state index is -0.789.